The molecule has 2 aromatic carbocycles. The second-order valence-electron chi connectivity index (χ2n) is 12.9. The van der Waals surface area contributed by atoms with Crippen LogP contribution in [0.3, 0.4) is 0 Å². The van der Waals surface area contributed by atoms with E-state index < -0.39 is 66.1 Å². The van der Waals surface area contributed by atoms with E-state index in [4.69, 9.17) is 11.5 Å². The lowest BCUT2D eigenvalue weighted by atomic mass is 9.97. The van der Waals surface area contributed by atoms with Gasteiger partial charge in [0.1, 0.15) is 24.2 Å². The molecule has 2 rings (SSSR count). The standard InChI is InChI=1S/C37H51BrN6O8/c1-3-23(2)33(36(50)42-27(34(40)48)20-25-16-18-26(38)19-17-25)44-32(47)15-11-6-4-5-10-14-31(46)41-28(22-30(39)45)35(49)43-29(37(51)52)21-24-12-8-7-9-13-24/h7-9,12-13,16-19,23,27-29,33H,3-6,10-11,14-15,20-22H2,1-2H3,(H2,39,45)(H2,40,48)(H,41,46)(H,42,50)(H,43,49)(H,44,47)(H,51,52)/t23-,27+,28+,29+,33+/m1/s1. The molecule has 0 radical (unpaired) electrons. The molecular weight excluding hydrogens is 736 g/mol. The normalized spacial score (nSPS) is 13.8. The van der Waals surface area contributed by atoms with Gasteiger partial charge in [-0.05, 0) is 42.0 Å². The molecule has 52 heavy (non-hydrogen) atoms. The summed E-state index contributed by atoms with van der Waals surface area (Å²) in [6.45, 7) is 3.75. The number of halogens is 1. The summed E-state index contributed by atoms with van der Waals surface area (Å²) in [5, 5.41) is 20.0. The molecule has 284 valence electrons. The second kappa shape index (κ2) is 22.9. The zero-order chi connectivity index (χ0) is 38.6. The Morgan fingerprint density at radius 3 is 1.73 bits per heavy atom. The molecule has 0 aliphatic carbocycles. The Hall–Kier alpha value is -4.79. The lowest BCUT2D eigenvalue weighted by Crippen LogP contribution is -2.55. The van der Waals surface area contributed by atoms with E-state index in [0.717, 1.165) is 16.5 Å². The molecule has 0 spiro atoms. The minimum Gasteiger partial charge on any atom is -0.480 e. The summed E-state index contributed by atoms with van der Waals surface area (Å²) in [6, 6.07) is 11.6. The van der Waals surface area contributed by atoms with E-state index in [0.29, 0.717) is 37.7 Å². The van der Waals surface area contributed by atoms with E-state index in [1.807, 2.05) is 38.1 Å². The highest BCUT2D eigenvalue weighted by molar-refractivity contribution is 9.10. The molecule has 0 unspecified atom stereocenters. The minimum absolute atomic E-state index is 0.0137. The molecule has 0 aliphatic heterocycles. The number of nitrogens with one attached hydrogen (secondary N) is 4. The van der Waals surface area contributed by atoms with Gasteiger partial charge in [-0.15, -0.1) is 0 Å². The SMILES string of the molecule is CC[C@@H](C)[C@H](NC(=O)CCCCCCCC(=O)N[C@@H](CC(N)=O)C(=O)N[C@@H](Cc1ccccc1)C(=O)O)C(=O)N[C@@H](Cc1ccc(Br)cc1)C(N)=O. The van der Waals surface area contributed by atoms with Gasteiger partial charge in [-0.3, -0.25) is 28.8 Å². The zero-order valence-electron chi connectivity index (χ0n) is 29.7. The molecule has 0 bridgehead atoms. The molecule has 2 aromatic rings. The van der Waals surface area contributed by atoms with Gasteiger partial charge in [-0.25, -0.2) is 4.79 Å². The molecule has 0 heterocycles. The number of aliphatic carboxylic acids is 1. The van der Waals surface area contributed by atoms with Gasteiger partial charge in [0.05, 0.1) is 6.42 Å². The van der Waals surface area contributed by atoms with Crippen molar-refractivity contribution in [2.45, 2.75) is 109 Å². The average Bonchev–Trinajstić information content (AvgIpc) is 3.09. The summed E-state index contributed by atoms with van der Waals surface area (Å²) in [6.07, 6.45) is 3.70. The van der Waals surface area contributed by atoms with Crippen LogP contribution in [0.2, 0.25) is 0 Å². The van der Waals surface area contributed by atoms with Crippen molar-refractivity contribution in [1.82, 2.24) is 21.3 Å². The first-order valence-corrected chi connectivity index (χ1v) is 18.3. The maximum atomic E-state index is 13.2. The number of carbonyl (C=O) groups excluding carboxylic acids is 6. The van der Waals surface area contributed by atoms with Crippen LogP contribution < -0.4 is 32.7 Å². The molecule has 0 fully saturated rings. The smallest absolute Gasteiger partial charge is 0.326 e. The first kappa shape index (κ1) is 43.4. The highest BCUT2D eigenvalue weighted by atomic mass is 79.9. The number of carboxylic acid groups (broad SMARTS) is 1. The molecule has 9 N–H and O–H groups in total. The first-order valence-electron chi connectivity index (χ1n) is 17.5. The number of amides is 6. The molecule has 0 saturated carbocycles. The summed E-state index contributed by atoms with van der Waals surface area (Å²) in [7, 11) is 0. The largest absolute Gasteiger partial charge is 0.480 e. The Bertz CT molecular complexity index is 1510. The van der Waals surface area contributed by atoms with E-state index in [9.17, 15) is 38.7 Å². The number of carbonyl (C=O) groups is 7. The van der Waals surface area contributed by atoms with Crippen LogP contribution in [0.5, 0.6) is 0 Å². The molecule has 0 aromatic heterocycles. The molecule has 15 heteroatoms. The Balaban J connectivity index is 1.77. The van der Waals surface area contributed by atoms with E-state index in [1.54, 1.807) is 30.3 Å². The average molecular weight is 788 g/mol. The van der Waals surface area contributed by atoms with Gasteiger partial charge in [0, 0.05) is 30.2 Å². The van der Waals surface area contributed by atoms with Crippen molar-refractivity contribution < 1.29 is 38.7 Å². The van der Waals surface area contributed by atoms with Crippen LogP contribution in [0.1, 0.15) is 82.8 Å². The van der Waals surface area contributed by atoms with Crippen molar-refractivity contribution in [2.24, 2.45) is 17.4 Å². The number of primary amides is 2. The van der Waals surface area contributed by atoms with E-state index in [-0.39, 0.29) is 37.5 Å². The van der Waals surface area contributed by atoms with E-state index >= 15 is 0 Å². The molecule has 6 amide bonds. The minimum atomic E-state index is -1.32. The Morgan fingerprint density at radius 1 is 0.673 bits per heavy atom. The lowest BCUT2D eigenvalue weighted by Gasteiger charge is -2.26. The quantitative estimate of drug-likeness (QED) is 0.0778. The summed E-state index contributed by atoms with van der Waals surface area (Å²) in [5.74, 6) is -5.05. The van der Waals surface area contributed by atoms with E-state index in [2.05, 4.69) is 37.2 Å². The van der Waals surface area contributed by atoms with Gasteiger partial charge in [0.25, 0.3) is 0 Å². The van der Waals surface area contributed by atoms with Gasteiger partial charge >= 0.3 is 5.97 Å². The van der Waals surface area contributed by atoms with Crippen molar-refractivity contribution in [3.8, 4) is 0 Å². The third kappa shape index (κ3) is 16.5. The number of rotatable bonds is 24. The third-order valence-electron chi connectivity index (χ3n) is 8.59. The maximum absolute atomic E-state index is 13.2. The fourth-order valence-corrected chi connectivity index (χ4v) is 5.65. The number of hydrogen-bond donors (Lipinski definition) is 7. The lowest BCUT2D eigenvalue weighted by molar-refractivity contribution is -0.142. The fraction of sp³-hybridized carbons (Fsp3) is 0.486. The number of carboxylic acids is 1. The van der Waals surface area contributed by atoms with Crippen LogP contribution >= 0.6 is 15.9 Å². The van der Waals surface area contributed by atoms with Gasteiger partial charge < -0.3 is 37.8 Å². The fourth-order valence-electron chi connectivity index (χ4n) is 5.39. The number of benzene rings is 2. The first-order chi connectivity index (χ1) is 24.7. The highest BCUT2D eigenvalue weighted by Crippen LogP contribution is 2.14. The predicted molar refractivity (Wildman–Crippen MR) is 198 cm³/mol. The van der Waals surface area contributed by atoms with Gasteiger partial charge in [-0.1, -0.05) is 97.9 Å². The molecule has 14 nitrogen and oxygen atoms in total. The Morgan fingerprint density at radius 2 is 1.19 bits per heavy atom. The van der Waals surface area contributed by atoms with Crippen molar-refractivity contribution >= 4 is 57.3 Å². The van der Waals surface area contributed by atoms with Gasteiger partial charge in [0.2, 0.25) is 35.4 Å². The van der Waals surface area contributed by atoms with Crippen molar-refractivity contribution in [2.75, 3.05) is 0 Å². The van der Waals surface area contributed by atoms with Crippen molar-refractivity contribution in [3.05, 3.63) is 70.2 Å². The summed E-state index contributed by atoms with van der Waals surface area (Å²) < 4.78 is 0.877. The van der Waals surface area contributed by atoms with Crippen LogP contribution in [-0.2, 0) is 46.4 Å². The second-order valence-corrected chi connectivity index (χ2v) is 13.8. The van der Waals surface area contributed by atoms with Crippen molar-refractivity contribution in [1.29, 1.82) is 0 Å². The maximum Gasteiger partial charge on any atom is 0.326 e. The predicted octanol–water partition coefficient (Wildman–Crippen LogP) is 2.40. The monoisotopic (exact) mass is 786 g/mol. The number of hydrogen-bond acceptors (Lipinski definition) is 7. The third-order valence-corrected chi connectivity index (χ3v) is 9.12. The van der Waals surface area contributed by atoms with Crippen LogP contribution in [0.4, 0.5) is 0 Å². The van der Waals surface area contributed by atoms with Crippen LogP contribution in [0.25, 0.3) is 0 Å². The number of nitrogens with two attached hydrogens (primary N) is 2. The molecule has 0 saturated heterocycles. The zero-order valence-corrected chi connectivity index (χ0v) is 31.3. The Labute approximate surface area is 312 Å². The van der Waals surface area contributed by atoms with Gasteiger partial charge in [-0.2, -0.15) is 0 Å². The summed E-state index contributed by atoms with van der Waals surface area (Å²) in [5.41, 5.74) is 12.4. The Kier molecular flexibility index (Phi) is 19.1. The van der Waals surface area contributed by atoms with Crippen molar-refractivity contribution in [3.63, 3.8) is 0 Å². The van der Waals surface area contributed by atoms with Crippen LogP contribution in [-0.4, -0.2) is 70.7 Å². The van der Waals surface area contributed by atoms with Crippen LogP contribution in [0, 0.1) is 5.92 Å². The molecule has 5 atom stereocenters. The van der Waals surface area contributed by atoms with Crippen LogP contribution in [0.15, 0.2) is 59.1 Å². The molecular formula is C37H51BrN6O8. The highest BCUT2D eigenvalue weighted by Gasteiger charge is 2.30. The number of unbranched alkanes of at least 4 members (excludes halogenated alkanes) is 4. The van der Waals surface area contributed by atoms with Gasteiger partial charge in [0.15, 0.2) is 0 Å². The molecule has 0 aliphatic rings. The summed E-state index contributed by atoms with van der Waals surface area (Å²) >= 11 is 3.37. The van der Waals surface area contributed by atoms with E-state index in [1.165, 1.54) is 0 Å². The summed E-state index contributed by atoms with van der Waals surface area (Å²) in [4.78, 5) is 87.0. The topological polar surface area (TPSA) is 240 Å².